The number of nitrogens with one attached hydrogen (secondary N) is 2. The molecule has 1 amide bonds. The Labute approximate surface area is 136 Å². The second-order valence-electron chi connectivity index (χ2n) is 4.78. The first-order chi connectivity index (χ1) is 11.5. The highest BCUT2D eigenvalue weighted by Gasteiger charge is 2.20. The standard InChI is InChI=1S/C14H15FN6O3/c15-8-2-1-3-9(6-8)18-20-13-10(19-21-14(13)16)7-17-11(22)4-5-12(23)24/h1-3,6,18H,4-5,7H2,(H,17,22)(H,23,24)(H2,16,20,21). The molecule has 0 saturated heterocycles. The van der Waals surface area contributed by atoms with E-state index >= 15 is 0 Å². The van der Waals surface area contributed by atoms with Gasteiger partial charge in [-0.05, 0) is 18.2 Å². The van der Waals surface area contributed by atoms with Crippen molar-refractivity contribution in [2.75, 3.05) is 12.0 Å². The van der Waals surface area contributed by atoms with E-state index in [-0.39, 0.29) is 30.9 Å². The van der Waals surface area contributed by atoms with Crippen LogP contribution in [0.1, 0.15) is 12.8 Å². The molecule has 1 aliphatic heterocycles. The van der Waals surface area contributed by atoms with E-state index in [0.717, 1.165) is 0 Å². The van der Waals surface area contributed by atoms with Crippen molar-refractivity contribution in [2.24, 2.45) is 21.0 Å². The van der Waals surface area contributed by atoms with Crippen molar-refractivity contribution >= 4 is 34.8 Å². The normalized spacial score (nSPS) is 15.0. The van der Waals surface area contributed by atoms with Gasteiger partial charge >= 0.3 is 5.97 Å². The lowest BCUT2D eigenvalue weighted by Gasteiger charge is -2.06. The molecular weight excluding hydrogens is 319 g/mol. The topological polar surface area (TPSA) is 142 Å². The van der Waals surface area contributed by atoms with Crippen LogP contribution >= 0.6 is 0 Å². The van der Waals surface area contributed by atoms with E-state index in [4.69, 9.17) is 10.8 Å². The second-order valence-corrected chi connectivity index (χ2v) is 4.78. The molecule has 0 bridgehead atoms. The number of carboxylic acid groups (broad SMARTS) is 1. The van der Waals surface area contributed by atoms with Crippen molar-refractivity contribution in [3.05, 3.63) is 30.1 Å². The summed E-state index contributed by atoms with van der Waals surface area (Å²) in [7, 11) is 0. The van der Waals surface area contributed by atoms with Gasteiger partial charge in [0.05, 0.1) is 18.7 Å². The molecule has 1 aliphatic rings. The molecule has 1 aromatic rings. The fourth-order valence-electron chi connectivity index (χ4n) is 1.77. The molecule has 1 aromatic carbocycles. The predicted octanol–water partition coefficient (Wildman–Crippen LogP) is 0.301. The highest BCUT2D eigenvalue weighted by molar-refractivity contribution is 6.70. The maximum atomic E-state index is 13.1. The first kappa shape index (κ1) is 17.1. The number of halogens is 1. The maximum absolute atomic E-state index is 13.1. The van der Waals surface area contributed by atoms with E-state index in [1.165, 1.54) is 18.2 Å². The zero-order valence-corrected chi connectivity index (χ0v) is 12.5. The van der Waals surface area contributed by atoms with Gasteiger partial charge in [-0.3, -0.25) is 15.0 Å². The van der Waals surface area contributed by atoms with Gasteiger partial charge in [0.15, 0.2) is 11.5 Å². The van der Waals surface area contributed by atoms with Gasteiger partial charge < -0.3 is 16.2 Å². The Morgan fingerprint density at radius 3 is 2.79 bits per heavy atom. The molecule has 0 fully saturated rings. The van der Waals surface area contributed by atoms with E-state index in [2.05, 4.69) is 26.0 Å². The first-order valence-corrected chi connectivity index (χ1v) is 6.94. The molecule has 0 aromatic heterocycles. The Morgan fingerprint density at radius 2 is 2.08 bits per heavy atom. The highest BCUT2D eigenvalue weighted by Crippen LogP contribution is 2.09. The SMILES string of the molecule is NC1=NN=C(CNC(=O)CCC(=O)O)/C1=N/Nc1cccc(F)c1. The van der Waals surface area contributed by atoms with Crippen LogP contribution < -0.4 is 16.5 Å². The zero-order valence-electron chi connectivity index (χ0n) is 12.5. The van der Waals surface area contributed by atoms with E-state index in [1.807, 2.05) is 0 Å². The number of nitrogens with two attached hydrogens (primary N) is 1. The lowest BCUT2D eigenvalue weighted by atomic mass is 10.2. The summed E-state index contributed by atoms with van der Waals surface area (Å²) in [6.45, 7) is -0.00762. The average molecular weight is 334 g/mol. The van der Waals surface area contributed by atoms with Crippen LogP contribution in [0.15, 0.2) is 39.6 Å². The molecule has 0 unspecified atom stereocenters. The molecule has 5 N–H and O–H groups in total. The minimum Gasteiger partial charge on any atom is -0.481 e. The van der Waals surface area contributed by atoms with E-state index < -0.39 is 17.7 Å². The third-order valence-corrected chi connectivity index (χ3v) is 2.93. The zero-order chi connectivity index (χ0) is 17.5. The molecular formula is C14H15FN6O3. The number of amidine groups is 1. The van der Waals surface area contributed by atoms with Gasteiger partial charge in [-0.1, -0.05) is 6.07 Å². The van der Waals surface area contributed by atoms with Gasteiger partial charge in [0.2, 0.25) is 5.91 Å². The minimum absolute atomic E-state index is 0.00762. The molecule has 0 spiro atoms. The molecule has 0 radical (unpaired) electrons. The quantitative estimate of drug-likeness (QED) is 0.531. The van der Waals surface area contributed by atoms with Crippen LogP contribution in [-0.4, -0.2) is 40.8 Å². The molecule has 0 saturated carbocycles. The lowest BCUT2D eigenvalue weighted by molar-refractivity contribution is -0.138. The van der Waals surface area contributed by atoms with E-state index in [1.54, 1.807) is 6.07 Å². The number of rotatable bonds is 7. The monoisotopic (exact) mass is 334 g/mol. The number of amides is 1. The van der Waals surface area contributed by atoms with Gasteiger partial charge in [0.25, 0.3) is 0 Å². The van der Waals surface area contributed by atoms with Crippen LogP contribution in [0.3, 0.4) is 0 Å². The molecule has 0 atom stereocenters. The van der Waals surface area contributed by atoms with Crippen LogP contribution in [0.5, 0.6) is 0 Å². The number of carbonyl (C=O) groups is 2. The molecule has 1 heterocycles. The molecule has 126 valence electrons. The van der Waals surface area contributed by atoms with Crippen LogP contribution in [0, 0.1) is 5.82 Å². The summed E-state index contributed by atoms with van der Waals surface area (Å²) >= 11 is 0. The predicted molar refractivity (Wildman–Crippen MR) is 86.4 cm³/mol. The number of hydrazone groups is 1. The third-order valence-electron chi connectivity index (χ3n) is 2.93. The van der Waals surface area contributed by atoms with Crippen molar-refractivity contribution < 1.29 is 19.1 Å². The maximum Gasteiger partial charge on any atom is 0.303 e. The lowest BCUT2D eigenvalue weighted by Crippen LogP contribution is -2.37. The summed E-state index contributed by atoms with van der Waals surface area (Å²) in [5.41, 5.74) is 9.23. The Balaban J connectivity index is 1.94. The molecule has 9 nitrogen and oxygen atoms in total. The number of carbonyl (C=O) groups excluding carboxylic acids is 1. The smallest absolute Gasteiger partial charge is 0.303 e. The summed E-state index contributed by atoms with van der Waals surface area (Å²) < 4.78 is 13.1. The summed E-state index contributed by atoms with van der Waals surface area (Å²) in [6, 6.07) is 5.67. The van der Waals surface area contributed by atoms with Crippen LogP contribution in [0.2, 0.25) is 0 Å². The number of hydrogen-bond donors (Lipinski definition) is 4. The van der Waals surface area contributed by atoms with Gasteiger partial charge in [-0.15, -0.1) is 10.2 Å². The average Bonchev–Trinajstić information content (AvgIpc) is 2.89. The molecule has 24 heavy (non-hydrogen) atoms. The summed E-state index contributed by atoms with van der Waals surface area (Å²) in [5.74, 6) is -1.87. The van der Waals surface area contributed by atoms with E-state index in [9.17, 15) is 14.0 Å². The van der Waals surface area contributed by atoms with Crippen molar-refractivity contribution in [3.8, 4) is 0 Å². The van der Waals surface area contributed by atoms with Crippen molar-refractivity contribution in [1.29, 1.82) is 0 Å². The number of carboxylic acids is 1. The Hall–Kier alpha value is -3.30. The molecule has 2 rings (SSSR count). The number of benzene rings is 1. The van der Waals surface area contributed by atoms with Gasteiger partial charge in [0, 0.05) is 6.42 Å². The fraction of sp³-hybridized carbons (Fsp3) is 0.214. The summed E-state index contributed by atoms with van der Waals surface area (Å²) in [5, 5.41) is 22.5. The number of nitrogens with zero attached hydrogens (tertiary/aromatic N) is 3. The van der Waals surface area contributed by atoms with Crippen molar-refractivity contribution in [3.63, 3.8) is 0 Å². The summed E-state index contributed by atoms with van der Waals surface area (Å²) in [4.78, 5) is 21.9. The molecule has 10 heteroatoms. The van der Waals surface area contributed by atoms with Crippen molar-refractivity contribution in [1.82, 2.24) is 5.32 Å². The van der Waals surface area contributed by atoms with Crippen LogP contribution in [0.25, 0.3) is 0 Å². The Kier molecular flexibility index (Phi) is 5.55. The van der Waals surface area contributed by atoms with Gasteiger partial charge in [-0.2, -0.15) is 5.10 Å². The largest absolute Gasteiger partial charge is 0.481 e. The van der Waals surface area contributed by atoms with Crippen LogP contribution in [0.4, 0.5) is 10.1 Å². The second kappa shape index (κ2) is 7.81. The number of anilines is 1. The number of aliphatic carboxylic acids is 1. The minimum atomic E-state index is -1.06. The fourth-order valence-corrected chi connectivity index (χ4v) is 1.77. The Morgan fingerprint density at radius 1 is 1.29 bits per heavy atom. The summed E-state index contributed by atoms with van der Waals surface area (Å²) in [6.07, 6.45) is -0.411. The van der Waals surface area contributed by atoms with Crippen LogP contribution in [-0.2, 0) is 9.59 Å². The third kappa shape index (κ3) is 4.87. The van der Waals surface area contributed by atoms with E-state index in [0.29, 0.717) is 11.4 Å². The van der Waals surface area contributed by atoms with Gasteiger partial charge in [0.1, 0.15) is 11.5 Å². The van der Waals surface area contributed by atoms with Crippen molar-refractivity contribution in [2.45, 2.75) is 12.8 Å². The van der Waals surface area contributed by atoms with Gasteiger partial charge in [-0.25, -0.2) is 4.39 Å². The highest BCUT2D eigenvalue weighted by atomic mass is 19.1. The Bertz CT molecular complexity index is 744. The first-order valence-electron chi connectivity index (χ1n) is 6.94. The number of hydrogen-bond acceptors (Lipinski definition) is 7. The molecule has 0 aliphatic carbocycles.